The normalized spacial score (nSPS) is 30.9. The molecule has 2 heterocycles. The first-order valence-electron chi connectivity index (χ1n) is 6.10. The van der Waals surface area contributed by atoms with Crippen molar-refractivity contribution in [2.45, 2.75) is 44.7 Å². The van der Waals surface area contributed by atoms with Crippen LogP contribution in [0.1, 0.15) is 32.6 Å². The van der Waals surface area contributed by atoms with Crippen LogP contribution < -0.4 is 10.6 Å². The van der Waals surface area contributed by atoms with E-state index in [0.717, 1.165) is 32.5 Å². The Morgan fingerprint density at radius 3 is 3.00 bits per heavy atom. The number of nitrogens with one attached hydrogen (secondary N) is 2. The van der Waals surface area contributed by atoms with Crippen LogP contribution in [0.3, 0.4) is 0 Å². The fourth-order valence-electron chi connectivity index (χ4n) is 2.76. The summed E-state index contributed by atoms with van der Waals surface area (Å²) in [6.45, 7) is 4.73. The quantitative estimate of drug-likeness (QED) is 0.713. The summed E-state index contributed by atoms with van der Waals surface area (Å²) in [6, 6.07) is 1.09. The number of carbonyl (C=O) groups is 1. The minimum Gasteiger partial charge on any atom is -0.338 e. The molecular weight excluding hydrogens is 190 g/mol. The third-order valence-electron chi connectivity index (χ3n) is 3.45. The van der Waals surface area contributed by atoms with Gasteiger partial charge in [0.1, 0.15) is 0 Å². The number of likely N-dealkylation sites (tertiary alicyclic amines) is 1. The van der Waals surface area contributed by atoms with Crippen LogP contribution in [0.4, 0.5) is 4.79 Å². The number of hydrogen-bond donors (Lipinski definition) is 2. The fraction of sp³-hybridized carbons (Fsp3) is 0.909. The van der Waals surface area contributed by atoms with Crippen molar-refractivity contribution in [1.29, 1.82) is 0 Å². The summed E-state index contributed by atoms with van der Waals surface area (Å²) in [5.74, 6) is 0. The van der Waals surface area contributed by atoms with E-state index in [1.54, 1.807) is 0 Å². The van der Waals surface area contributed by atoms with Crippen molar-refractivity contribution in [1.82, 2.24) is 15.5 Å². The Labute approximate surface area is 91.4 Å². The van der Waals surface area contributed by atoms with E-state index in [4.69, 9.17) is 0 Å². The average Bonchev–Trinajstić information content (AvgIpc) is 2.88. The van der Waals surface area contributed by atoms with Gasteiger partial charge in [-0.05, 0) is 39.2 Å². The Morgan fingerprint density at radius 1 is 1.47 bits per heavy atom. The summed E-state index contributed by atoms with van der Waals surface area (Å²) in [6.07, 6.45) is 4.79. The first kappa shape index (κ1) is 10.7. The molecule has 0 bridgehead atoms. The lowest BCUT2D eigenvalue weighted by Gasteiger charge is -2.29. The van der Waals surface area contributed by atoms with Gasteiger partial charge in [-0.2, -0.15) is 0 Å². The van der Waals surface area contributed by atoms with Crippen molar-refractivity contribution in [2.24, 2.45) is 0 Å². The maximum absolute atomic E-state index is 11.8. The largest absolute Gasteiger partial charge is 0.338 e. The molecule has 2 N–H and O–H groups in total. The van der Waals surface area contributed by atoms with Crippen molar-refractivity contribution in [3.8, 4) is 0 Å². The second-order valence-electron chi connectivity index (χ2n) is 4.44. The molecule has 2 saturated heterocycles. The van der Waals surface area contributed by atoms with Gasteiger partial charge in [-0.3, -0.25) is 0 Å². The lowest BCUT2D eigenvalue weighted by molar-refractivity contribution is 0.182. The zero-order valence-electron chi connectivity index (χ0n) is 9.46. The van der Waals surface area contributed by atoms with Crippen molar-refractivity contribution >= 4 is 6.03 Å². The molecule has 0 spiro atoms. The van der Waals surface area contributed by atoms with E-state index in [1.165, 1.54) is 12.8 Å². The predicted octanol–water partition coefficient (Wildman–Crippen LogP) is 0.932. The molecule has 4 heteroatoms. The van der Waals surface area contributed by atoms with Crippen molar-refractivity contribution in [2.75, 3.05) is 19.6 Å². The summed E-state index contributed by atoms with van der Waals surface area (Å²) in [5, 5.41) is 6.40. The molecule has 2 aliphatic heterocycles. The molecular formula is C11H21N3O. The van der Waals surface area contributed by atoms with Crippen LogP contribution in [0.25, 0.3) is 0 Å². The van der Waals surface area contributed by atoms with Crippen LogP contribution in [-0.4, -0.2) is 42.6 Å². The molecule has 4 nitrogen and oxygen atoms in total. The van der Waals surface area contributed by atoms with E-state index >= 15 is 0 Å². The third kappa shape index (κ3) is 2.25. The number of carbonyl (C=O) groups excluding carboxylic acids is 1. The Morgan fingerprint density at radius 2 is 2.33 bits per heavy atom. The van der Waals surface area contributed by atoms with Gasteiger partial charge in [-0.1, -0.05) is 0 Å². The van der Waals surface area contributed by atoms with E-state index in [-0.39, 0.29) is 6.03 Å². The van der Waals surface area contributed by atoms with Gasteiger partial charge in [0.2, 0.25) is 0 Å². The van der Waals surface area contributed by atoms with Crippen LogP contribution in [-0.2, 0) is 0 Å². The third-order valence-corrected chi connectivity index (χ3v) is 3.45. The molecule has 15 heavy (non-hydrogen) atoms. The van der Waals surface area contributed by atoms with Crippen LogP contribution in [0.2, 0.25) is 0 Å². The van der Waals surface area contributed by atoms with Gasteiger partial charge in [0, 0.05) is 25.2 Å². The molecule has 2 rings (SSSR count). The first-order valence-corrected chi connectivity index (χ1v) is 6.10. The molecule has 2 amide bonds. The number of urea groups is 1. The molecule has 2 fully saturated rings. The summed E-state index contributed by atoms with van der Waals surface area (Å²) in [4.78, 5) is 13.8. The number of hydrogen-bond acceptors (Lipinski definition) is 2. The Bertz CT molecular complexity index is 226. The number of nitrogens with zero attached hydrogens (tertiary/aromatic N) is 1. The van der Waals surface area contributed by atoms with Crippen LogP contribution >= 0.6 is 0 Å². The minimum absolute atomic E-state index is 0.119. The molecule has 86 valence electrons. The van der Waals surface area contributed by atoms with Gasteiger partial charge >= 0.3 is 6.03 Å². The highest BCUT2D eigenvalue weighted by Gasteiger charge is 2.35. The topological polar surface area (TPSA) is 44.4 Å². The predicted molar refractivity (Wildman–Crippen MR) is 59.8 cm³/mol. The molecule has 0 aromatic rings. The van der Waals surface area contributed by atoms with Gasteiger partial charge in [0.05, 0.1) is 0 Å². The van der Waals surface area contributed by atoms with E-state index in [2.05, 4.69) is 10.6 Å². The molecule has 2 aliphatic rings. The van der Waals surface area contributed by atoms with Crippen molar-refractivity contribution in [3.63, 3.8) is 0 Å². The highest BCUT2D eigenvalue weighted by molar-refractivity contribution is 5.74. The molecule has 2 atom stereocenters. The molecule has 0 aliphatic carbocycles. The van der Waals surface area contributed by atoms with E-state index in [9.17, 15) is 4.79 Å². The van der Waals surface area contributed by atoms with Gasteiger partial charge < -0.3 is 15.5 Å². The first-order chi connectivity index (χ1) is 7.33. The SMILES string of the molecule is CCNC(=O)N1CCCC1C1CCCN1. The average molecular weight is 211 g/mol. The lowest BCUT2D eigenvalue weighted by Crippen LogP contribution is -2.50. The zero-order valence-corrected chi connectivity index (χ0v) is 9.46. The zero-order chi connectivity index (χ0) is 10.7. The smallest absolute Gasteiger partial charge is 0.317 e. The Kier molecular flexibility index (Phi) is 3.46. The van der Waals surface area contributed by atoms with Gasteiger partial charge in [0.25, 0.3) is 0 Å². The molecule has 0 radical (unpaired) electrons. The Balaban J connectivity index is 1.94. The second-order valence-corrected chi connectivity index (χ2v) is 4.44. The molecule has 0 saturated carbocycles. The lowest BCUT2D eigenvalue weighted by atomic mass is 10.0. The number of rotatable bonds is 2. The van der Waals surface area contributed by atoms with Gasteiger partial charge in [0.15, 0.2) is 0 Å². The van der Waals surface area contributed by atoms with Crippen LogP contribution in [0, 0.1) is 0 Å². The number of amides is 2. The molecule has 0 aromatic carbocycles. The fourth-order valence-corrected chi connectivity index (χ4v) is 2.76. The van der Waals surface area contributed by atoms with Crippen LogP contribution in [0.15, 0.2) is 0 Å². The van der Waals surface area contributed by atoms with Crippen LogP contribution in [0.5, 0.6) is 0 Å². The summed E-state index contributed by atoms with van der Waals surface area (Å²) in [5.41, 5.74) is 0. The Hall–Kier alpha value is -0.770. The highest BCUT2D eigenvalue weighted by atomic mass is 16.2. The van der Waals surface area contributed by atoms with Gasteiger partial charge in [-0.15, -0.1) is 0 Å². The van der Waals surface area contributed by atoms with E-state index in [0.29, 0.717) is 12.1 Å². The van der Waals surface area contributed by atoms with Crippen molar-refractivity contribution < 1.29 is 4.79 Å². The summed E-state index contributed by atoms with van der Waals surface area (Å²) < 4.78 is 0. The summed E-state index contributed by atoms with van der Waals surface area (Å²) >= 11 is 0. The maximum Gasteiger partial charge on any atom is 0.317 e. The second kappa shape index (κ2) is 4.84. The van der Waals surface area contributed by atoms with E-state index < -0.39 is 0 Å². The van der Waals surface area contributed by atoms with Gasteiger partial charge in [-0.25, -0.2) is 4.79 Å². The summed E-state index contributed by atoms with van der Waals surface area (Å²) in [7, 11) is 0. The molecule has 0 aromatic heterocycles. The van der Waals surface area contributed by atoms with E-state index in [1.807, 2.05) is 11.8 Å². The monoisotopic (exact) mass is 211 g/mol. The highest BCUT2D eigenvalue weighted by Crippen LogP contribution is 2.24. The maximum atomic E-state index is 11.8. The minimum atomic E-state index is 0.119. The standard InChI is InChI=1S/C11H21N3O/c1-2-12-11(15)14-8-4-6-10(14)9-5-3-7-13-9/h9-10,13H,2-8H2,1H3,(H,12,15). The van der Waals surface area contributed by atoms with Crippen molar-refractivity contribution in [3.05, 3.63) is 0 Å². The molecule has 2 unspecified atom stereocenters.